The summed E-state index contributed by atoms with van der Waals surface area (Å²) < 4.78 is 5.24. The van der Waals surface area contributed by atoms with Crippen LogP contribution in [0.2, 0.25) is 0 Å². The van der Waals surface area contributed by atoms with E-state index < -0.39 is 24.0 Å². The quantitative estimate of drug-likeness (QED) is 0.727. The Morgan fingerprint density at radius 3 is 2.54 bits per heavy atom. The van der Waals surface area contributed by atoms with Crippen molar-refractivity contribution in [3.8, 4) is 6.07 Å². The fourth-order valence-electron chi connectivity index (χ4n) is 2.97. The summed E-state index contributed by atoms with van der Waals surface area (Å²) in [5.74, 6) is -0.603. The molecule has 28 heavy (non-hydrogen) atoms. The summed E-state index contributed by atoms with van der Waals surface area (Å²) >= 11 is 0. The standard InChI is InChI=1S/C19H23N5O4/c1-12(17(25)23-19(27)22-15-3-4-15)28-18(26)14-6-8-24(9-7-14)16-5-2-13(10-20)11-21-16/h2,5,11-12,14-15H,3-4,6-9H2,1H3,(H2,22,23,25,27)/t12-/m1/s1. The Hall–Kier alpha value is -3.15. The van der Waals surface area contributed by atoms with Crippen LogP contribution < -0.4 is 15.5 Å². The number of piperidine rings is 1. The van der Waals surface area contributed by atoms with Crippen LogP contribution in [0.5, 0.6) is 0 Å². The van der Waals surface area contributed by atoms with Gasteiger partial charge in [-0.15, -0.1) is 0 Å². The number of nitrogens with zero attached hydrogens (tertiary/aromatic N) is 3. The third-order valence-corrected chi connectivity index (χ3v) is 4.84. The van der Waals surface area contributed by atoms with Crippen molar-refractivity contribution in [1.29, 1.82) is 5.26 Å². The van der Waals surface area contributed by atoms with Gasteiger partial charge in [-0.1, -0.05) is 0 Å². The predicted molar refractivity (Wildman–Crippen MR) is 99.1 cm³/mol. The third-order valence-electron chi connectivity index (χ3n) is 4.84. The molecule has 2 heterocycles. The molecule has 2 aliphatic rings. The molecule has 0 spiro atoms. The number of aromatic nitrogens is 1. The minimum absolute atomic E-state index is 0.140. The second-order valence-corrected chi connectivity index (χ2v) is 7.09. The highest BCUT2D eigenvalue weighted by Gasteiger charge is 2.30. The Morgan fingerprint density at radius 2 is 1.96 bits per heavy atom. The number of pyridine rings is 1. The van der Waals surface area contributed by atoms with Crippen molar-refractivity contribution in [2.45, 2.75) is 44.8 Å². The van der Waals surface area contributed by atoms with Crippen molar-refractivity contribution < 1.29 is 19.1 Å². The number of ether oxygens (including phenoxy) is 1. The van der Waals surface area contributed by atoms with Gasteiger partial charge in [0.15, 0.2) is 6.10 Å². The van der Waals surface area contributed by atoms with Gasteiger partial charge in [0.2, 0.25) is 0 Å². The van der Waals surface area contributed by atoms with Gasteiger partial charge in [0.25, 0.3) is 5.91 Å². The van der Waals surface area contributed by atoms with Crippen molar-refractivity contribution >= 4 is 23.7 Å². The fraction of sp³-hybridized carbons (Fsp3) is 0.526. The molecule has 1 saturated carbocycles. The number of carbonyl (C=O) groups excluding carboxylic acids is 3. The molecule has 1 aliphatic heterocycles. The van der Waals surface area contributed by atoms with Crippen LogP contribution in [0.25, 0.3) is 0 Å². The molecule has 0 radical (unpaired) electrons. The first-order valence-electron chi connectivity index (χ1n) is 9.39. The molecule has 1 saturated heterocycles. The molecule has 148 valence electrons. The van der Waals surface area contributed by atoms with Crippen LogP contribution in [0, 0.1) is 17.2 Å². The largest absolute Gasteiger partial charge is 0.452 e. The number of urea groups is 1. The molecule has 3 rings (SSSR count). The Kier molecular flexibility index (Phi) is 6.09. The van der Waals surface area contributed by atoms with Gasteiger partial charge in [0, 0.05) is 25.3 Å². The zero-order valence-electron chi connectivity index (χ0n) is 15.7. The zero-order valence-corrected chi connectivity index (χ0v) is 15.7. The Balaban J connectivity index is 1.43. The van der Waals surface area contributed by atoms with Crippen LogP contribution in [-0.4, -0.2) is 48.1 Å². The van der Waals surface area contributed by atoms with E-state index in [0.717, 1.165) is 18.7 Å². The number of amides is 3. The zero-order chi connectivity index (χ0) is 20.1. The maximum atomic E-state index is 12.3. The molecule has 3 amide bonds. The van der Waals surface area contributed by atoms with Gasteiger partial charge in [-0.25, -0.2) is 9.78 Å². The Labute approximate surface area is 163 Å². The van der Waals surface area contributed by atoms with Crippen LogP contribution in [0.3, 0.4) is 0 Å². The van der Waals surface area contributed by atoms with E-state index in [9.17, 15) is 14.4 Å². The first kappa shape index (κ1) is 19.6. The molecule has 0 bridgehead atoms. The van der Waals surface area contributed by atoms with Crippen molar-refractivity contribution in [3.05, 3.63) is 23.9 Å². The third kappa shape index (κ3) is 5.19. The molecule has 1 aliphatic carbocycles. The number of carbonyl (C=O) groups is 3. The van der Waals surface area contributed by atoms with E-state index in [-0.39, 0.29) is 12.0 Å². The highest BCUT2D eigenvalue weighted by atomic mass is 16.5. The van der Waals surface area contributed by atoms with Gasteiger partial charge < -0.3 is 15.0 Å². The van der Waals surface area contributed by atoms with E-state index in [4.69, 9.17) is 10.00 Å². The topological polar surface area (TPSA) is 124 Å². The number of esters is 1. The number of nitrogens with one attached hydrogen (secondary N) is 2. The molecular weight excluding hydrogens is 362 g/mol. The first-order valence-corrected chi connectivity index (χ1v) is 9.39. The summed E-state index contributed by atoms with van der Waals surface area (Å²) in [6, 6.07) is 5.11. The molecule has 1 aromatic heterocycles. The van der Waals surface area contributed by atoms with Gasteiger partial charge in [-0.05, 0) is 44.7 Å². The average Bonchev–Trinajstić information content (AvgIpc) is 3.51. The first-order chi connectivity index (χ1) is 13.5. The minimum Gasteiger partial charge on any atom is -0.452 e. The summed E-state index contributed by atoms with van der Waals surface area (Å²) in [4.78, 5) is 42.2. The number of anilines is 1. The van der Waals surface area contributed by atoms with E-state index in [1.807, 2.05) is 11.0 Å². The molecule has 9 heteroatoms. The summed E-state index contributed by atoms with van der Waals surface area (Å²) in [5, 5.41) is 13.7. The summed E-state index contributed by atoms with van der Waals surface area (Å²) in [6.07, 6.45) is 3.49. The molecule has 9 nitrogen and oxygen atoms in total. The maximum Gasteiger partial charge on any atom is 0.321 e. The predicted octanol–water partition coefficient (Wildman–Crippen LogP) is 1.09. The lowest BCUT2D eigenvalue weighted by molar-refractivity contribution is -0.159. The number of rotatable bonds is 5. The van der Waals surface area contributed by atoms with Crippen LogP contribution in [0.1, 0.15) is 38.2 Å². The van der Waals surface area contributed by atoms with Crippen LogP contribution in [-0.2, 0) is 14.3 Å². The smallest absolute Gasteiger partial charge is 0.321 e. The van der Waals surface area contributed by atoms with Crippen molar-refractivity contribution in [2.75, 3.05) is 18.0 Å². The van der Waals surface area contributed by atoms with Crippen molar-refractivity contribution in [2.24, 2.45) is 5.92 Å². The Bertz CT molecular complexity index is 777. The lowest BCUT2D eigenvalue weighted by Gasteiger charge is -2.32. The van der Waals surface area contributed by atoms with Crippen molar-refractivity contribution in [1.82, 2.24) is 15.6 Å². The highest BCUT2D eigenvalue weighted by molar-refractivity contribution is 5.97. The summed E-state index contributed by atoms with van der Waals surface area (Å²) in [5.41, 5.74) is 0.500. The van der Waals surface area contributed by atoms with E-state index in [2.05, 4.69) is 15.6 Å². The van der Waals surface area contributed by atoms with Gasteiger partial charge in [-0.2, -0.15) is 5.26 Å². The lowest BCUT2D eigenvalue weighted by atomic mass is 9.97. The minimum atomic E-state index is -1.03. The molecule has 1 atom stereocenters. The molecule has 0 unspecified atom stereocenters. The van der Waals surface area contributed by atoms with Gasteiger partial charge in [0.05, 0.1) is 11.5 Å². The lowest BCUT2D eigenvalue weighted by Crippen LogP contribution is -2.46. The van der Waals surface area contributed by atoms with Crippen LogP contribution in [0.15, 0.2) is 18.3 Å². The Morgan fingerprint density at radius 1 is 1.25 bits per heavy atom. The molecule has 2 N–H and O–H groups in total. The van der Waals surface area contributed by atoms with E-state index in [1.165, 1.54) is 13.1 Å². The average molecular weight is 385 g/mol. The molecule has 1 aromatic rings. The van der Waals surface area contributed by atoms with Crippen molar-refractivity contribution in [3.63, 3.8) is 0 Å². The molecular formula is C19H23N5O4. The van der Waals surface area contributed by atoms with Gasteiger partial charge >= 0.3 is 12.0 Å². The second-order valence-electron chi connectivity index (χ2n) is 7.09. The van der Waals surface area contributed by atoms with E-state index >= 15 is 0 Å². The fourth-order valence-corrected chi connectivity index (χ4v) is 2.97. The SMILES string of the molecule is C[C@@H](OC(=O)C1CCN(c2ccc(C#N)cn2)CC1)C(=O)NC(=O)NC1CC1. The van der Waals surface area contributed by atoms with Gasteiger partial charge in [0.1, 0.15) is 11.9 Å². The van der Waals surface area contributed by atoms with E-state index in [0.29, 0.717) is 31.5 Å². The van der Waals surface area contributed by atoms with Crippen LogP contribution in [0.4, 0.5) is 10.6 Å². The highest BCUT2D eigenvalue weighted by Crippen LogP contribution is 2.23. The van der Waals surface area contributed by atoms with Gasteiger partial charge in [-0.3, -0.25) is 14.9 Å². The van der Waals surface area contributed by atoms with Crippen LogP contribution >= 0.6 is 0 Å². The van der Waals surface area contributed by atoms with E-state index in [1.54, 1.807) is 12.1 Å². The normalized spacial score (nSPS) is 17.9. The summed E-state index contributed by atoms with van der Waals surface area (Å²) in [6.45, 7) is 2.71. The summed E-state index contributed by atoms with van der Waals surface area (Å²) in [7, 11) is 0. The monoisotopic (exact) mass is 385 g/mol. The number of nitriles is 1. The number of hydrogen-bond donors (Lipinski definition) is 2. The number of hydrogen-bond acceptors (Lipinski definition) is 7. The molecule has 0 aromatic carbocycles. The number of imide groups is 1. The second kappa shape index (κ2) is 8.69. The maximum absolute atomic E-state index is 12.3. The molecule has 2 fully saturated rings.